The SMILES string of the molecule is O=C(CCc1ccccc1)Nc1ccc2oc(-c3ccccc3Cl)nc2c1. The van der Waals surface area contributed by atoms with Crippen molar-refractivity contribution < 1.29 is 9.21 Å². The van der Waals surface area contributed by atoms with Crippen LogP contribution in [0, 0.1) is 0 Å². The Hall–Kier alpha value is -3.11. The minimum atomic E-state index is -0.0342. The van der Waals surface area contributed by atoms with Crippen LogP contribution in [0.2, 0.25) is 5.02 Å². The summed E-state index contributed by atoms with van der Waals surface area (Å²) in [4.78, 5) is 16.7. The molecule has 0 aliphatic heterocycles. The zero-order valence-corrected chi connectivity index (χ0v) is 15.2. The van der Waals surface area contributed by atoms with Crippen molar-refractivity contribution in [3.05, 3.63) is 83.4 Å². The number of aryl methyl sites for hydroxylation is 1. The van der Waals surface area contributed by atoms with E-state index in [2.05, 4.69) is 10.3 Å². The third kappa shape index (κ3) is 4.01. The van der Waals surface area contributed by atoms with Crippen molar-refractivity contribution >= 4 is 34.3 Å². The standard InChI is InChI=1S/C22H17ClN2O2/c23-18-9-5-4-8-17(18)22-25-19-14-16(11-12-20(19)27-22)24-21(26)13-10-15-6-2-1-3-7-15/h1-9,11-12,14H,10,13H2,(H,24,26). The van der Waals surface area contributed by atoms with E-state index in [0.29, 0.717) is 40.5 Å². The van der Waals surface area contributed by atoms with Crippen molar-refractivity contribution in [3.63, 3.8) is 0 Å². The Morgan fingerprint density at radius 2 is 1.78 bits per heavy atom. The maximum absolute atomic E-state index is 12.2. The average molecular weight is 377 g/mol. The van der Waals surface area contributed by atoms with Gasteiger partial charge in [-0.2, -0.15) is 0 Å². The van der Waals surface area contributed by atoms with Crippen LogP contribution in [-0.4, -0.2) is 10.9 Å². The van der Waals surface area contributed by atoms with Crippen molar-refractivity contribution in [1.82, 2.24) is 4.98 Å². The van der Waals surface area contributed by atoms with Crippen molar-refractivity contribution in [2.45, 2.75) is 12.8 Å². The van der Waals surface area contributed by atoms with E-state index in [9.17, 15) is 4.79 Å². The maximum atomic E-state index is 12.2. The number of anilines is 1. The monoisotopic (exact) mass is 376 g/mol. The molecule has 0 fully saturated rings. The molecule has 0 bridgehead atoms. The van der Waals surface area contributed by atoms with E-state index in [1.165, 1.54) is 0 Å². The van der Waals surface area contributed by atoms with Crippen LogP contribution < -0.4 is 5.32 Å². The first-order valence-electron chi connectivity index (χ1n) is 8.68. The molecular weight excluding hydrogens is 360 g/mol. The first-order valence-corrected chi connectivity index (χ1v) is 9.06. The summed E-state index contributed by atoms with van der Waals surface area (Å²) in [5.74, 6) is 0.427. The van der Waals surface area contributed by atoms with Crippen LogP contribution in [0.25, 0.3) is 22.6 Å². The molecule has 0 spiro atoms. The number of nitrogens with one attached hydrogen (secondary N) is 1. The van der Waals surface area contributed by atoms with Gasteiger partial charge in [0, 0.05) is 12.1 Å². The number of oxazole rings is 1. The van der Waals surface area contributed by atoms with Crippen LogP contribution in [0.1, 0.15) is 12.0 Å². The van der Waals surface area contributed by atoms with E-state index in [1.807, 2.05) is 54.6 Å². The highest BCUT2D eigenvalue weighted by atomic mass is 35.5. The lowest BCUT2D eigenvalue weighted by Crippen LogP contribution is -2.12. The smallest absolute Gasteiger partial charge is 0.228 e. The third-order valence-corrected chi connectivity index (χ3v) is 4.59. The van der Waals surface area contributed by atoms with Gasteiger partial charge < -0.3 is 9.73 Å². The first kappa shape index (κ1) is 17.3. The zero-order chi connectivity index (χ0) is 18.6. The topological polar surface area (TPSA) is 55.1 Å². The molecule has 0 aliphatic rings. The number of hydrogen-bond donors (Lipinski definition) is 1. The molecule has 0 aliphatic carbocycles. The molecule has 4 rings (SSSR count). The number of amides is 1. The number of aromatic nitrogens is 1. The number of rotatable bonds is 5. The van der Waals surface area contributed by atoms with E-state index < -0.39 is 0 Å². The summed E-state index contributed by atoms with van der Waals surface area (Å²) in [6, 6.07) is 22.8. The van der Waals surface area contributed by atoms with Crippen LogP contribution in [0.3, 0.4) is 0 Å². The second kappa shape index (κ2) is 7.64. The van der Waals surface area contributed by atoms with Crippen molar-refractivity contribution in [3.8, 4) is 11.5 Å². The van der Waals surface area contributed by atoms with Crippen LogP contribution >= 0.6 is 11.6 Å². The van der Waals surface area contributed by atoms with Gasteiger partial charge in [-0.05, 0) is 42.3 Å². The van der Waals surface area contributed by atoms with Gasteiger partial charge in [-0.3, -0.25) is 4.79 Å². The van der Waals surface area contributed by atoms with Crippen molar-refractivity contribution in [2.75, 3.05) is 5.32 Å². The van der Waals surface area contributed by atoms with Crippen molar-refractivity contribution in [2.24, 2.45) is 0 Å². The second-order valence-electron chi connectivity index (χ2n) is 6.22. The molecule has 4 nitrogen and oxygen atoms in total. The van der Waals surface area contributed by atoms with Gasteiger partial charge in [0.15, 0.2) is 5.58 Å². The van der Waals surface area contributed by atoms with Crippen molar-refractivity contribution in [1.29, 1.82) is 0 Å². The molecule has 5 heteroatoms. The number of carbonyl (C=O) groups excluding carboxylic acids is 1. The molecule has 0 saturated heterocycles. The van der Waals surface area contributed by atoms with E-state index >= 15 is 0 Å². The molecule has 1 aromatic heterocycles. The lowest BCUT2D eigenvalue weighted by Gasteiger charge is -2.05. The first-order chi connectivity index (χ1) is 13.2. The Balaban J connectivity index is 1.48. The van der Waals surface area contributed by atoms with E-state index in [0.717, 1.165) is 11.1 Å². The lowest BCUT2D eigenvalue weighted by atomic mass is 10.1. The fourth-order valence-electron chi connectivity index (χ4n) is 2.88. The number of fused-ring (bicyclic) bond motifs is 1. The van der Waals surface area contributed by atoms with Crippen LogP contribution in [0.15, 0.2) is 77.2 Å². The highest BCUT2D eigenvalue weighted by molar-refractivity contribution is 6.33. The quantitative estimate of drug-likeness (QED) is 0.484. The molecule has 134 valence electrons. The molecule has 0 saturated carbocycles. The van der Waals surface area contributed by atoms with Gasteiger partial charge in [0.2, 0.25) is 11.8 Å². The summed E-state index contributed by atoms with van der Waals surface area (Å²) in [7, 11) is 0. The molecule has 4 aromatic rings. The number of hydrogen-bond acceptors (Lipinski definition) is 3. The molecular formula is C22H17ClN2O2. The van der Waals surface area contributed by atoms with Gasteiger partial charge in [0.1, 0.15) is 5.52 Å². The van der Waals surface area contributed by atoms with E-state index in [4.69, 9.17) is 16.0 Å². The fraction of sp³-hybridized carbons (Fsp3) is 0.0909. The van der Waals surface area contributed by atoms with Crippen LogP contribution in [0.4, 0.5) is 5.69 Å². The summed E-state index contributed by atoms with van der Waals surface area (Å²) in [6.45, 7) is 0. The zero-order valence-electron chi connectivity index (χ0n) is 14.5. The number of halogens is 1. The molecule has 1 N–H and O–H groups in total. The average Bonchev–Trinajstić information content (AvgIpc) is 3.10. The lowest BCUT2D eigenvalue weighted by molar-refractivity contribution is -0.116. The largest absolute Gasteiger partial charge is 0.436 e. The maximum Gasteiger partial charge on any atom is 0.228 e. The second-order valence-corrected chi connectivity index (χ2v) is 6.62. The summed E-state index contributed by atoms with van der Waals surface area (Å²) >= 11 is 6.21. The third-order valence-electron chi connectivity index (χ3n) is 4.26. The minimum Gasteiger partial charge on any atom is -0.436 e. The Bertz CT molecular complexity index is 1090. The van der Waals surface area contributed by atoms with Gasteiger partial charge in [0.25, 0.3) is 0 Å². The summed E-state index contributed by atoms with van der Waals surface area (Å²) in [5, 5.41) is 3.50. The van der Waals surface area contributed by atoms with Gasteiger partial charge in [-0.15, -0.1) is 0 Å². The predicted octanol–water partition coefficient (Wildman–Crippen LogP) is 5.72. The predicted molar refractivity (Wildman–Crippen MR) is 108 cm³/mol. The Morgan fingerprint density at radius 1 is 1.00 bits per heavy atom. The van der Waals surface area contributed by atoms with E-state index in [-0.39, 0.29) is 5.91 Å². The van der Waals surface area contributed by atoms with Crippen LogP contribution in [-0.2, 0) is 11.2 Å². The van der Waals surface area contributed by atoms with Gasteiger partial charge in [-0.25, -0.2) is 4.98 Å². The van der Waals surface area contributed by atoms with Crippen LogP contribution in [0.5, 0.6) is 0 Å². The van der Waals surface area contributed by atoms with E-state index in [1.54, 1.807) is 18.2 Å². The normalized spacial score (nSPS) is 10.9. The highest BCUT2D eigenvalue weighted by Crippen LogP contribution is 2.30. The Labute approximate surface area is 161 Å². The molecule has 3 aromatic carbocycles. The van der Waals surface area contributed by atoms with Gasteiger partial charge in [0.05, 0.1) is 10.6 Å². The Morgan fingerprint density at radius 3 is 2.59 bits per heavy atom. The molecule has 0 radical (unpaired) electrons. The number of nitrogens with zero attached hydrogens (tertiary/aromatic N) is 1. The summed E-state index contributed by atoms with van der Waals surface area (Å²) in [5.41, 5.74) is 3.89. The summed E-state index contributed by atoms with van der Waals surface area (Å²) < 4.78 is 5.79. The molecule has 1 amide bonds. The Kier molecular flexibility index (Phi) is 4.90. The minimum absolute atomic E-state index is 0.0342. The fourth-order valence-corrected chi connectivity index (χ4v) is 3.10. The molecule has 27 heavy (non-hydrogen) atoms. The molecule has 0 unspecified atom stereocenters. The van der Waals surface area contributed by atoms with Gasteiger partial charge in [-0.1, -0.05) is 54.1 Å². The molecule has 0 atom stereocenters. The molecule has 1 heterocycles. The number of benzene rings is 3. The number of carbonyl (C=O) groups is 1. The summed E-state index contributed by atoms with van der Waals surface area (Å²) in [6.07, 6.45) is 1.13. The highest BCUT2D eigenvalue weighted by Gasteiger charge is 2.12. The van der Waals surface area contributed by atoms with Gasteiger partial charge >= 0.3 is 0 Å².